The van der Waals surface area contributed by atoms with E-state index >= 15 is 0 Å². The molecule has 0 radical (unpaired) electrons. The molecule has 1 atom stereocenters. The molecule has 1 aliphatic carbocycles. The molecule has 2 aromatic heterocycles. The highest BCUT2D eigenvalue weighted by Crippen LogP contribution is 2.37. The van der Waals surface area contributed by atoms with Gasteiger partial charge in [-0.25, -0.2) is 9.67 Å². The molecular formula is C20H22N6O2S. The van der Waals surface area contributed by atoms with Crippen LogP contribution in [0.15, 0.2) is 53.8 Å². The molecule has 3 aromatic rings. The number of ether oxygens (including phenoxy) is 1. The number of nitrogens with one attached hydrogen (secondary N) is 1. The van der Waals surface area contributed by atoms with Gasteiger partial charge >= 0.3 is 0 Å². The zero-order chi connectivity index (χ0) is 20.1. The highest BCUT2D eigenvalue weighted by molar-refractivity contribution is 8.00. The number of carbonyl (C=O) groups excluding carboxylic acids is 1. The number of amides is 1. The molecule has 0 bridgehead atoms. The van der Waals surface area contributed by atoms with Crippen molar-refractivity contribution in [3.63, 3.8) is 0 Å². The Kier molecular flexibility index (Phi) is 6.04. The summed E-state index contributed by atoms with van der Waals surface area (Å²) in [5.74, 6) is 0.468. The van der Waals surface area contributed by atoms with Gasteiger partial charge in [0, 0.05) is 18.8 Å². The molecule has 1 aromatic carbocycles. The molecule has 1 N–H and O–H groups in total. The maximum Gasteiger partial charge on any atom is 0.233 e. The van der Waals surface area contributed by atoms with Crippen molar-refractivity contribution in [2.75, 3.05) is 0 Å². The first-order valence-electron chi connectivity index (χ1n) is 9.53. The summed E-state index contributed by atoms with van der Waals surface area (Å²) in [5.41, 5.74) is 2.00. The van der Waals surface area contributed by atoms with Crippen molar-refractivity contribution < 1.29 is 9.53 Å². The third-order valence-corrected chi connectivity index (χ3v) is 5.55. The Morgan fingerprint density at radius 2 is 2.10 bits per heavy atom. The predicted octanol–water partition coefficient (Wildman–Crippen LogP) is 2.78. The van der Waals surface area contributed by atoms with Crippen molar-refractivity contribution in [1.82, 2.24) is 30.5 Å². The first-order chi connectivity index (χ1) is 14.2. The zero-order valence-corrected chi connectivity index (χ0v) is 16.9. The number of hydrogen-bond acceptors (Lipinski definition) is 7. The average Bonchev–Trinajstić information content (AvgIpc) is 3.50. The van der Waals surface area contributed by atoms with Crippen LogP contribution in [-0.4, -0.2) is 36.3 Å². The lowest BCUT2D eigenvalue weighted by Crippen LogP contribution is -2.30. The molecule has 1 unspecified atom stereocenters. The van der Waals surface area contributed by atoms with Crippen LogP contribution in [0.25, 0.3) is 0 Å². The van der Waals surface area contributed by atoms with E-state index in [2.05, 4.69) is 25.8 Å². The monoisotopic (exact) mass is 410 g/mol. The van der Waals surface area contributed by atoms with Gasteiger partial charge in [-0.1, -0.05) is 42.1 Å². The fourth-order valence-electron chi connectivity index (χ4n) is 2.73. The van der Waals surface area contributed by atoms with Gasteiger partial charge in [-0.3, -0.25) is 4.79 Å². The average molecular weight is 411 g/mol. The number of hydrogen-bond donors (Lipinski definition) is 1. The van der Waals surface area contributed by atoms with Crippen molar-refractivity contribution in [1.29, 1.82) is 0 Å². The van der Waals surface area contributed by atoms with Crippen LogP contribution < -0.4 is 10.1 Å². The van der Waals surface area contributed by atoms with E-state index in [0.717, 1.165) is 24.0 Å². The van der Waals surface area contributed by atoms with Gasteiger partial charge in [0.05, 0.1) is 11.3 Å². The Morgan fingerprint density at radius 1 is 1.28 bits per heavy atom. The van der Waals surface area contributed by atoms with Gasteiger partial charge in [-0.05, 0) is 47.4 Å². The fourth-order valence-corrected chi connectivity index (χ4v) is 3.61. The third kappa shape index (κ3) is 5.32. The van der Waals surface area contributed by atoms with Crippen LogP contribution in [0.4, 0.5) is 0 Å². The Bertz CT molecular complexity index is 960. The highest BCUT2D eigenvalue weighted by Gasteiger charge is 2.29. The predicted molar refractivity (Wildman–Crippen MR) is 108 cm³/mol. The number of pyridine rings is 1. The maximum atomic E-state index is 12.5. The fraction of sp³-hybridized carbons (Fsp3) is 0.350. The van der Waals surface area contributed by atoms with E-state index in [1.54, 1.807) is 6.20 Å². The third-order valence-electron chi connectivity index (χ3n) is 4.50. The molecule has 1 fully saturated rings. The Labute approximate surface area is 173 Å². The summed E-state index contributed by atoms with van der Waals surface area (Å²) >= 11 is 1.38. The molecule has 1 aliphatic rings. The van der Waals surface area contributed by atoms with E-state index < -0.39 is 0 Å². The highest BCUT2D eigenvalue weighted by atomic mass is 32.2. The number of thioether (sulfide) groups is 1. The van der Waals surface area contributed by atoms with Gasteiger partial charge in [0.15, 0.2) is 0 Å². The van der Waals surface area contributed by atoms with E-state index in [1.807, 2.05) is 54.1 Å². The first kappa shape index (κ1) is 19.4. The molecule has 0 spiro atoms. The number of carbonyl (C=O) groups is 1. The van der Waals surface area contributed by atoms with Gasteiger partial charge in [0.1, 0.15) is 6.61 Å². The van der Waals surface area contributed by atoms with Crippen LogP contribution in [0, 0.1) is 0 Å². The van der Waals surface area contributed by atoms with Crippen LogP contribution >= 0.6 is 11.8 Å². The van der Waals surface area contributed by atoms with Crippen LogP contribution in [0.2, 0.25) is 0 Å². The minimum atomic E-state index is -0.297. The van der Waals surface area contributed by atoms with E-state index in [9.17, 15) is 4.79 Å². The summed E-state index contributed by atoms with van der Waals surface area (Å²) in [4.78, 5) is 16.7. The second kappa shape index (κ2) is 9.04. The second-order valence-corrected chi connectivity index (χ2v) is 8.20. The lowest BCUT2D eigenvalue weighted by molar-refractivity contribution is -0.120. The van der Waals surface area contributed by atoms with Crippen LogP contribution in [0.1, 0.15) is 36.9 Å². The molecule has 2 heterocycles. The quantitative estimate of drug-likeness (QED) is 0.542. The van der Waals surface area contributed by atoms with E-state index in [-0.39, 0.29) is 11.2 Å². The van der Waals surface area contributed by atoms with Crippen LogP contribution in [-0.2, 0) is 17.9 Å². The SMILES string of the molecule is CC(Sc1nnnn1C1CC1)C(=O)NCc1ccnc(OCc2ccccc2)c1. The molecule has 4 rings (SSSR count). The number of aromatic nitrogens is 5. The van der Waals surface area contributed by atoms with Crippen molar-refractivity contribution >= 4 is 17.7 Å². The number of rotatable bonds is 9. The zero-order valence-electron chi connectivity index (χ0n) is 16.1. The van der Waals surface area contributed by atoms with Crippen molar-refractivity contribution in [3.8, 4) is 5.88 Å². The van der Waals surface area contributed by atoms with Crippen molar-refractivity contribution in [3.05, 3.63) is 59.8 Å². The normalized spacial score (nSPS) is 14.4. The molecule has 0 saturated heterocycles. The molecule has 150 valence electrons. The molecule has 1 saturated carbocycles. The molecule has 1 amide bonds. The summed E-state index contributed by atoms with van der Waals surface area (Å²) in [5, 5.41) is 15.1. The van der Waals surface area contributed by atoms with Gasteiger partial charge < -0.3 is 10.1 Å². The lowest BCUT2D eigenvalue weighted by atomic mass is 10.2. The summed E-state index contributed by atoms with van der Waals surface area (Å²) in [7, 11) is 0. The van der Waals surface area contributed by atoms with Crippen LogP contribution in [0.5, 0.6) is 5.88 Å². The van der Waals surface area contributed by atoms with Gasteiger partial charge in [0.2, 0.25) is 16.9 Å². The Morgan fingerprint density at radius 3 is 2.90 bits per heavy atom. The lowest BCUT2D eigenvalue weighted by Gasteiger charge is -2.12. The minimum Gasteiger partial charge on any atom is -0.473 e. The Balaban J connectivity index is 1.27. The topological polar surface area (TPSA) is 94.8 Å². The summed E-state index contributed by atoms with van der Waals surface area (Å²) in [6.45, 7) is 2.71. The standard InChI is InChI=1S/C20H22N6O2S/c1-14(29-20-23-24-25-26(20)17-7-8-17)19(27)22-12-16-9-10-21-18(11-16)28-13-15-5-3-2-4-6-15/h2-6,9-11,14,17H,7-8,12-13H2,1H3,(H,22,27). The second-order valence-electron chi connectivity index (χ2n) is 6.89. The number of benzene rings is 1. The van der Waals surface area contributed by atoms with E-state index in [4.69, 9.17) is 4.74 Å². The Hall–Kier alpha value is -2.94. The minimum absolute atomic E-state index is 0.0658. The summed E-state index contributed by atoms with van der Waals surface area (Å²) < 4.78 is 7.56. The van der Waals surface area contributed by atoms with Gasteiger partial charge in [-0.15, -0.1) is 5.10 Å². The van der Waals surface area contributed by atoms with Crippen molar-refractivity contribution in [2.45, 2.75) is 49.4 Å². The maximum absolute atomic E-state index is 12.5. The van der Waals surface area contributed by atoms with Gasteiger partial charge in [0.25, 0.3) is 0 Å². The number of tetrazole rings is 1. The molecular weight excluding hydrogens is 388 g/mol. The molecule has 29 heavy (non-hydrogen) atoms. The summed E-state index contributed by atoms with van der Waals surface area (Å²) in [6.07, 6.45) is 3.87. The smallest absolute Gasteiger partial charge is 0.233 e. The van der Waals surface area contributed by atoms with Crippen molar-refractivity contribution in [2.24, 2.45) is 0 Å². The molecule has 9 heteroatoms. The van der Waals surface area contributed by atoms with E-state index in [1.165, 1.54) is 11.8 Å². The van der Waals surface area contributed by atoms with Gasteiger partial charge in [-0.2, -0.15) is 0 Å². The number of nitrogens with zero attached hydrogens (tertiary/aromatic N) is 5. The van der Waals surface area contributed by atoms with E-state index in [0.29, 0.717) is 30.2 Å². The van der Waals surface area contributed by atoms with Crippen LogP contribution in [0.3, 0.4) is 0 Å². The first-order valence-corrected chi connectivity index (χ1v) is 10.4. The molecule has 0 aliphatic heterocycles. The largest absolute Gasteiger partial charge is 0.473 e. The summed E-state index contributed by atoms with van der Waals surface area (Å²) in [6, 6.07) is 14.0. The molecule has 8 nitrogen and oxygen atoms in total.